The van der Waals surface area contributed by atoms with Crippen LogP contribution < -0.4 is 14.2 Å². The van der Waals surface area contributed by atoms with Crippen molar-refractivity contribution in [1.29, 1.82) is 0 Å². The van der Waals surface area contributed by atoms with E-state index in [1.807, 2.05) is 0 Å². The Hall–Kier alpha value is -1.68. The van der Waals surface area contributed by atoms with Crippen molar-refractivity contribution in [2.75, 3.05) is 21.3 Å². The van der Waals surface area contributed by atoms with Crippen LogP contribution in [0.1, 0.15) is 11.1 Å². The molecule has 0 aromatic heterocycles. The fourth-order valence-electron chi connectivity index (χ4n) is 1.58. The maximum atomic E-state index is 9.25. The highest BCUT2D eigenvalue weighted by Gasteiger charge is 2.18. The number of aliphatic hydroxyl groups is 1. The van der Waals surface area contributed by atoms with Gasteiger partial charge in [0.25, 0.3) is 0 Å². The summed E-state index contributed by atoms with van der Waals surface area (Å²) in [6, 6.07) is 1.71. The van der Waals surface area contributed by atoms with Gasteiger partial charge in [0.15, 0.2) is 11.5 Å². The topological polar surface area (TPSA) is 47.9 Å². The molecule has 0 unspecified atom stereocenters. The highest BCUT2D eigenvalue weighted by atomic mass is 16.5. The summed E-state index contributed by atoms with van der Waals surface area (Å²) >= 11 is 0. The van der Waals surface area contributed by atoms with E-state index in [2.05, 4.69) is 6.58 Å². The molecule has 16 heavy (non-hydrogen) atoms. The van der Waals surface area contributed by atoms with Gasteiger partial charge < -0.3 is 19.3 Å². The van der Waals surface area contributed by atoms with E-state index in [0.29, 0.717) is 28.4 Å². The largest absolute Gasteiger partial charge is 0.493 e. The third-order valence-electron chi connectivity index (χ3n) is 2.33. The van der Waals surface area contributed by atoms with Crippen LogP contribution in [0, 0.1) is 0 Å². The molecule has 0 saturated carbocycles. The molecule has 4 nitrogen and oxygen atoms in total. The summed E-state index contributed by atoms with van der Waals surface area (Å²) in [4.78, 5) is 0. The van der Waals surface area contributed by atoms with Gasteiger partial charge in [-0.1, -0.05) is 12.7 Å². The van der Waals surface area contributed by atoms with Crippen molar-refractivity contribution in [1.82, 2.24) is 0 Å². The summed E-state index contributed by atoms with van der Waals surface area (Å²) in [7, 11) is 4.60. The molecule has 0 amide bonds. The van der Waals surface area contributed by atoms with Gasteiger partial charge in [-0.3, -0.25) is 0 Å². The summed E-state index contributed by atoms with van der Waals surface area (Å²) in [5.74, 6) is 1.53. The van der Waals surface area contributed by atoms with Gasteiger partial charge in [0.05, 0.1) is 27.9 Å². The lowest BCUT2D eigenvalue weighted by Crippen LogP contribution is -2.00. The SMILES string of the molecule is C=Cc1c(CO)cc(OC)c(OC)c1OC. The molecular weight excluding hydrogens is 208 g/mol. The standard InChI is InChI=1S/C12H16O4/c1-5-9-8(7-13)6-10(14-2)12(16-4)11(9)15-3/h5-6,13H,1,7H2,2-4H3. The van der Waals surface area contributed by atoms with Crippen molar-refractivity contribution in [3.8, 4) is 17.2 Å². The zero-order valence-corrected chi connectivity index (χ0v) is 9.74. The Kier molecular flexibility index (Phi) is 4.19. The third kappa shape index (κ3) is 1.97. The highest BCUT2D eigenvalue weighted by Crippen LogP contribution is 2.42. The van der Waals surface area contributed by atoms with Crippen molar-refractivity contribution in [3.05, 3.63) is 23.8 Å². The highest BCUT2D eigenvalue weighted by molar-refractivity contribution is 5.69. The van der Waals surface area contributed by atoms with Gasteiger partial charge in [0.1, 0.15) is 0 Å². The van der Waals surface area contributed by atoms with Crippen LogP contribution in [-0.4, -0.2) is 26.4 Å². The second kappa shape index (κ2) is 5.42. The first kappa shape index (κ1) is 12.4. The normalized spacial score (nSPS) is 9.75. The molecule has 1 aromatic carbocycles. The van der Waals surface area contributed by atoms with Crippen molar-refractivity contribution >= 4 is 6.08 Å². The maximum absolute atomic E-state index is 9.25. The van der Waals surface area contributed by atoms with E-state index < -0.39 is 0 Å². The number of benzene rings is 1. The van der Waals surface area contributed by atoms with Crippen molar-refractivity contribution in [2.24, 2.45) is 0 Å². The fourth-order valence-corrected chi connectivity index (χ4v) is 1.58. The predicted octanol–water partition coefficient (Wildman–Crippen LogP) is 1.85. The van der Waals surface area contributed by atoms with Crippen LogP contribution in [0.3, 0.4) is 0 Å². The number of ether oxygens (including phenoxy) is 3. The monoisotopic (exact) mass is 224 g/mol. The van der Waals surface area contributed by atoms with Crippen LogP contribution in [0.15, 0.2) is 12.6 Å². The number of methoxy groups -OCH3 is 3. The van der Waals surface area contributed by atoms with Crippen LogP contribution in [0.2, 0.25) is 0 Å². The Bertz CT molecular complexity index is 385. The minimum atomic E-state index is -0.113. The first-order valence-corrected chi connectivity index (χ1v) is 4.78. The third-order valence-corrected chi connectivity index (χ3v) is 2.33. The van der Waals surface area contributed by atoms with Gasteiger partial charge in [-0.25, -0.2) is 0 Å². The van der Waals surface area contributed by atoms with E-state index in [-0.39, 0.29) is 6.61 Å². The predicted molar refractivity (Wildman–Crippen MR) is 62.1 cm³/mol. The van der Waals surface area contributed by atoms with Crippen LogP contribution in [-0.2, 0) is 6.61 Å². The minimum Gasteiger partial charge on any atom is -0.493 e. The van der Waals surface area contributed by atoms with E-state index in [0.717, 1.165) is 0 Å². The second-order valence-electron chi connectivity index (χ2n) is 3.08. The molecule has 0 spiro atoms. The van der Waals surface area contributed by atoms with Crippen LogP contribution in [0.4, 0.5) is 0 Å². The molecule has 0 bridgehead atoms. The zero-order chi connectivity index (χ0) is 12.1. The molecule has 88 valence electrons. The van der Waals surface area contributed by atoms with Crippen LogP contribution in [0.5, 0.6) is 17.2 Å². The van der Waals surface area contributed by atoms with E-state index in [9.17, 15) is 5.11 Å². The van der Waals surface area contributed by atoms with Gasteiger partial charge in [-0.2, -0.15) is 0 Å². The lowest BCUT2D eigenvalue weighted by atomic mass is 10.1. The number of rotatable bonds is 5. The van der Waals surface area contributed by atoms with Crippen molar-refractivity contribution in [2.45, 2.75) is 6.61 Å². The Morgan fingerprint density at radius 3 is 2.19 bits per heavy atom. The first-order chi connectivity index (χ1) is 7.73. The van der Waals surface area contributed by atoms with Crippen LogP contribution in [0.25, 0.3) is 6.08 Å². The number of hydrogen-bond acceptors (Lipinski definition) is 4. The maximum Gasteiger partial charge on any atom is 0.203 e. The van der Waals surface area contributed by atoms with Crippen molar-refractivity contribution in [3.63, 3.8) is 0 Å². The Morgan fingerprint density at radius 1 is 1.19 bits per heavy atom. The van der Waals surface area contributed by atoms with Gasteiger partial charge in [-0.15, -0.1) is 0 Å². The lowest BCUT2D eigenvalue weighted by Gasteiger charge is -2.16. The number of aliphatic hydroxyl groups excluding tert-OH is 1. The fraction of sp³-hybridized carbons (Fsp3) is 0.333. The zero-order valence-electron chi connectivity index (χ0n) is 9.74. The Labute approximate surface area is 95.1 Å². The molecule has 0 aliphatic rings. The summed E-state index contributed by atoms with van der Waals surface area (Å²) in [6.45, 7) is 3.58. The molecule has 0 saturated heterocycles. The Balaban J connectivity index is 3.54. The van der Waals surface area contributed by atoms with Gasteiger partial charge in [0, 0.05) is 5.56 Å². The summed E-state index contributed by atoms with van der Waals surface area (Å²) < 4.78 is 15.6. The van der Waals surface area contributed by atoms with E-state index in [4.69, 9.17) is 14.2 Å². The lowest BCUT2D eigenvalue weighted by molar-refractivity contribution is 0.277. The summed E-state index contributed by atoms with van der Waals surface area (Å²) in [5, 5.41) is 9.25. The smallest absolute Gasteiger partial charge is 0.203 e. The molecule has 0 aliphatic carbocycles. The molecular formula is C12H16O4. The molecule has 1 rings (SSSR count). The van der Waals surface area contributed by atoms with Crippen molar-refractivity contribution < 1.29 is 19.3 Å². The molecule has 1 N–H and O–H groups in total. The number of hydrogen-bond donors (Lipinski definition) is 1. The molecule has 0 aliphatic heterocycles. The first-order valence-electron chi connectivity index (χ1n) is 4.78. The van der Waals surface area contributed by atoms with Crippen LogP contribution >= 0.6 is 0 Å². The average molecular weight is 224 g/mol. The molecule has 0 heterocycles. The minimum absolute atomic E-state index is 0.113. The van der Waals surface area contributed by atoms with E-state index in [1.54, 1.807) is 12.1 Å². The van der Waals surface area contributed by atoms with Gasteiger partial charge >= 0.3 is 0 Å². The average Bonchev–Trinajstić information content (AvgIpc) is 2.35. The van der Waals surface area contributed by atoms with E-state index >= 15 is 0 Å². The van der Waals surface area contributed by atoms with E-state index in [1.165, 1.54) is 21.3 Å². The summed E-state index contributed by atoms with van der Waals surface area (Å²) in [5.41, 5.74) is 1.40. The second-order valence-corrected chi connectivity index (χ2v) is 3.08. The quantitative estimate of drug-likeness (QED) is 0.829. The molecule has 1 aromatic rings. The Morgan fingerprint density at radius 2 is 1.81 bits per heavy atom. The molecule has 0 atom stereocenters. The molecule has 0 fully saturated rings. The van der Waals surface area contributed by atoms with Gasteiger partial charge in [-0.05, 0) is 11.6 Å². The summed E-state index contributed by atoms with van der Waals surface area (Å²) in [6.07, 6.45) is 1.62. The molecule has 0 radical (unpaired) electrons. The molecule has 4 heteroatoms. The van der Waals surface area contributed by atoms with Gasteiger partial charge in [0.2, 0.25) is 5.75 Å².